The van der Waals surface area contributed by atoms with Crippen molar-refractivity contribution in [2.24, 2.45) is 0 Å². The van der Waals surface area contributed by atoms with Gasteiger partial charge in [0.2, 0.25) is 10.0 Å². The van der Waals surface area contributed by atoms with Gasteiger partial charge in [-0.15, -0.1) is 0 Å². The lowest BCUT2D eigenvalue weighted by Crippen LogP contribution is -2.25. The smallest absolute Gasteiger partial charge is 0.243 e. The fraction of sp³-hybridized carbons (Fsp3) is 0.273. The van der Waals surface area contributed by atoms with Gasteiger partial charge in [0.1, 0.15) is 16.4 Å². The predicted molar refractivity (Wildman–Crippen MR) is 65.4 cm³/mol. The SMILES string of the molecule is CC(C)=CCNS(=O)(=O)c1ccc(F)c(N)c1F. The average molecular weight is 276 g/mol. The molecule has 0 radical (unpaired) electrons. The van der Waals surface area contributed by atoms with Gasteiger partial charge >= 0.3 is 0 Å². The van der Waals surface area contributed by atoms with Gasteiger partial charge in [-0.3, -0.25) is 0 Å². The van der Waals surface area contributed by atoms with Crippen molar-refractivity contribution in [1.82, 2.24) is 4.72 Å². The van der Waals surface area contributed by atoms with Gasteiger partial charge < -0.3 is 5.73 Å². The normalized spacial score (nSPS) is 11.3. The van der Waals surface area contributed by atoms with Crippen LogP contribution in [0.3, 0.4) is 0 Å². The minimum absolute atomic E-state index is 0.0292. The maximum absolute atomic E-state index is 13.5. The highest BCUT2D eigenvalue weighted by Gasteiger charge is 2.21. The molecule has 18 heavy (non-hydrogen) atoms. The first-order valence-corrected chi connectivity index (χ1v) is 6.60. The van der Waals surface area contributed by atoms with Crippen LogP contribution in [0.15, 0.2) is 28.7 Å². The molecule has 0 saturated heterocycles. The molecule has 0 saturated carbocycles. The standard InChI is InChI=1S/C11H14F2N2O2S/c1-7(2)5-6-15-18(16,17)9-4-3-8(12)11(14)10(9)13/h3-5,15H,6,14H2,1-2H3. The molecule has 1 aromatic rings. The van der Waals surface area contributed by atoms with E-state index in [1.165, 1.54) is 0 Å². The van der Waals surface area contributed by atoms with E-state index in [0.717, 1.165) is 17.7 Å². The summed E-state index contributed by atoms with van der Waals surface area (Å²) in [4.78, 5) is -0.663. The Morgan fingerprint density at radius 2 is 2.00 bits per heavy atom. The monoisotopic (exact) mass is 276 g/mol. The summed E-state index contributed by atoms with van der Waals surface area (Å²) in [5.41, 5.74) is 5.21. The van der Waals surface area contributed by atoms with E-state index in [9.17, 15) is 17.2 Å². The number of nitrogens with two attached hydrogens (primary N) is 1. The molecule has 0 bridgehead atoms. The molecule has 0 aliphatic heterocycles. The van der Waals surface area contributed by atoms with E-state index in [4.69, 9.17) is 5.73 Å². The van der Waals surface area contributed by atoms with Crippen LogP contribution in [0.4, 0.5) is 14.5 Å². The Balaban J connectivity index is 3.06. The molecular weight excluding hydrogens is 262 g/mol. The van der Waals surface area contributed by atoms with Crippen LogP contribution >= 0.6 is 0 Å². The predicted octanol–water partition coefficient (Wildman–Crippen LogP) is 1.79. The Labute approximate surface area is 105 Å². The third-order valence-corrected chi connectivity index (χ3v) is 3.61. The Morgan fingerprint density at radius 3 is 2.56 bits per heavy atom. The Morgan fingerprint density at radius 1 is 1.39 bits per heavy atom. The lowest BCUT2D eigenvalue weighted by Gasteiger charge is -2.08. The first-order chi connectivity index (χ1) is 8.25. The van der Waals surface area contributed by atoms with E-state index < -0.39 is 32.2 Å². The van der Waals surface area contributed by atoms with Crippen LogP contribution in [0.2, 0.25) is 0 Å². The Hall–Kier alpha value is -1.47. The summed E-state index contributed by atoms with van der Waals surface area (Å²) >= 11 is 0. The van der Waals surface area contributed by atoms with E-state index >= 15 is 0 Å². The molecule has 4 nitrogen and oxygen atoms in total. The summed E-state index contributed by atoms with van der Waals surface area (Å²) in [6.07, 6.45) is 1.63. The number of benzene rings is 1. The van der Waals surface area contributed by atoms with E-state index in [0.29, 0.717) is 0 Å². The minimum atomic E-state index is -4.04. The first kappa shape index (κ1) is 14.6. The van der Waals surface area contributed by atoms with Gasteiger partial charge in [0.15, 0.2) is 5.82 Å². The van der Waals surface area contributed by atoms with Gasteiger partial charge in [0, 0.05) is 6.54 Å². The third kappa shape index (κ3) is 3.27. The molecule has 100 valence electrons. The van der Waals surface area contributed by atoms with Crippen LogP contribution in [0.25, 0.3) is 0 Å². The molecule has 0 aliphatic carbocycles. The lowest BCUT2D eigenvalue weighted by molar-refractivity contribution is 0.550. The van der Waals surface area contributed by atoms with Crippen molar-refractivity contribution in [3.8, 4) is 0 Å². The van der Waals surface area contributed by atoms with Gasteiger partial charge in [-0.1, -0.05) is 11.6 Å². The highest BCUT2D eigenvalue weighted by molar-refractivity contribution is 7.89. The van der Waals surface area contributed by atoms with Gasteiger partial charge in [0.05, 0.1) is 0 Å². The highest BCUT2D eigenvalue weighted by atomic mass is 32.2. The molecule has 0 unspecified atom stereocenters. The molecule has 0 spiro atoms. The van der Waals surface area contributed by atoms with Crippen LogP contribution in [0.5, 0.6) is 0 Å². The minimum Gasteiger partial charge on any atom is -0.394 e. The number of anilines is 1. The molecule has 0 atom stereocenters. The fourth-order valence-corrected chi connectivity index (χ4v) is 2.24. The van der Waals surface area contributed by atoms with Crippen molar-refractivity contribution >= 4 is 15.7 Å². The largest absolute Gasteiger partial charge is 0.394 e. The van der Waals surface area contributed by atoms with Crippen molar-refractivity contribution in [1.29, 1.82) is 0 Å². The van der Waals surface area contributed by atoms with Crippen LogP contribution in [-0.4, -0.2) is 15.0 Å². The number of halogens is 2. The van der Waals surface area contributed by atoms with Gasteiger partial charge in [0.25, 0.3) is 0 Å². The number of nitrogens with one attached hydrogen (secondary N) is 1. The molecule has 3 N–H and O–H groups in total. The van der Waals surface area contributed by atoms with Crippen LogP contribution < -0.4 is 10.5 Å². The number of nitrogen functional groups attached to an aromatic ring is 1. The number of sulfonamides is 1. The average Bonchev–Trinajstić information content (AvgIpc) is 2.24. The van der Waals surface area contributed by atoms with Crippen molar-refractivity contribution in [3.63, 3.8) is 0 Å². The summed E-state index contributed by atoms with van der Waals surface area (Å²) < 4.78 is 52.1. The maximum atomic E-state index is 13.5. The van der Waals surface area contributed by atoms with Crippen molar-refractivity contribution in [2.45, 2.75) is 18.7 Å². The van der Waals surface area contributed by atoms with Crippen LogP contribution in [0, 0.1) is 11.6 Å². The second kappa shape index (κ2) is 5.45. The Bertz CT molecular complexity index is 579. The highest BCUT2D eigenvalue weighted by Crippen LogP contribution is 2.22. The molecule has 0 fully saturated rings. The summed E-state index contributed by atoms with van der Waals surface area (Å²) in [6.45, 7) is 3.62. The van der Waals surface area contributed by atoms with Crippen molar-refractivity contribution in [2.75, 3.05) is 12.3 Å². The van der Waals surface area contributed by atoms with E-state index in [-0.39, 0.29) is 6.54 Å². The van der Waals surface area contributed by atoms with Crippen molar-refractivity contribution in [3.05, 3.63) is 35.4 Å². The zero-order valence-corrected chi connectivity index (χ0v) is 10.8. The molecule has 1 aromatic carbocycles. The first-order valence-electron chi connectivity index (χ1n) is 5.12. The summed E-state index contributed by atoms with van der Waals surface area (Å²) in [6, 6.07) is 1.65. The van der Waals surface area contributed by atoms with Gasteiger partial charge in [-0.05, 0) is 26.0 Å². The van der Waals surface area contributed by atoms with Crippen LogP contribution in [0.1, 0.15) is 13.8 Å². The molecule has 0 aliphatic rings. The van der Waals surface area contributed by atoms with E-state index in [1.54, 1.807) is 19.9 Å². The number of allylic oxidation sites excluding steroid dienone is 1. The van der Waals surface area contributed by atoms with Crippen LogP contribution in [-0.2, 0) is 10.0 Å². The summed E-state index contributed by atoms with van der Waals surface area (Å²) in [5, 5.41) is 0. The summed E-state index contributed by atoms with van der Waals surface area (Å²) in [7, 11) is -4.04. The zero-order chi connectivity index (χ0) is 13.9. The molecule has 0 amide bonds. The molecule has 0 aromatic heterocycles. The lowest BCUT2D eigenvalue weighted by atomic mass is 10.3. The second-order valence-corrected chi connectivity index (χ2v) is 5.64. The third-order valence-electron chi connectivity index (χ3n) is 2.16. The molecule has 1 rings (SSSR count). The fourth-order valence-electron chi connectivity index (χ4n) is 1.19. The quantitative estimate of drug-likeness (QED) is 0.650. The molecular formula is C11H14F2N2O2S. The number of rotatable bonds is 4. The van der Waals surface area contributed by atoms with Gasteiger partial charge in [-0.2, -0.15) is 0 Å². The zero-order valence-electron chi connectivity index (χ0n) is 10.00. The van der Waals surface area contributed by atoms with E-state index in [1.807, 2.05) is 0 Å². The van der Waals surface area contributed by atoms with Gasteiger partial charge in [-0.25, -0.2) is 21.9 Å². The number of hydrogen-bond acceptors (Lipinski definition) is 3. The number of hydrogen-bond donors (Lipinski definition) is 2. The molecule has 0 heterocycles. The molecule has 7 heteroatoms. The van der Waals surface area contributed by atoms with Crippen molar-refractivity contribution < 1.29 is 17.2 Å². The summed E-state index contributed by atoms with van der Waals surface area (Å²) in [5.74, 6) is -2.27. The second-order valence-electron chi connectivity index (χ2n) is 3.91. The maximum Gasteiger partial charge on any atom is 0.243 e. The van der Waals surface area contributed by atoms with E-state index in [2.05, 4.69) is 4.72 Å². The topological polar surface area (TPSA) is 72.2 Å². The Kier molecular flexibility index (Phi) is 4.42.